The maximum atomic E-state index is 12.4. The Morgan fingerprint density at radius 1 is 1.43 bits per heavy atom. The van der Waals surface area contributed by atoms with E-state index in [-0.39, 0.29) is 12.0 Å². The zero-order valence-corrected chi connectivity index (χ0v) is 12.4. The molecule has 1 atom stereocenters. The molecule has 1 aromatic rings. The number of hydrogen-bond donors (Lipinski definition) is 1. The molecule has 21 heavy (non-hydrogen) atoms. The van der Waals surface area contributed by atoms with Crippen LogP contribution in [0.1, 0.15) is 35.4 Å². The molecule has 1 aromatic heterocycles. The predicted octanol–water partition coefficient (Wildman–Crippen LogP) is 1.17. The third-order valence-corrected chi connectivity index (χ3v) is 4.25. The first kappa shape index (κ1) is 13.9. The number of nitrogens with one attached hydrogen (secondary N) is 1. The minimum atomic E-state index is -0.428. The third-order valence-electron chi connectivity index (χ3n) is 4.25. The molecular weight excluding hydrogens is 272 g/mol. The Kier molecular flexibility index (Phi) is 3.35. The number of aromatic nitrogens is 2. The van der Waals surface area contributed by atoms with Crippen LogP contribution in [-0.4, -0.2) is 64.3 Å². The minimum Gasteiger partial charge on any atom is -0.441 e. The van der Waals surface area contributed by atoms with Crippen LogP contribution in [0.5, 0.6) is 0 Å². The summed E-state index contributed by atoms with van der Waals surface area (Å²) in [6, 6.07) is 1.76. The fraction of sp³-hybridized carbons (Fsp3) is 0.643. The zero-order chi connectivity index (χ0) is 15.0. The molecule has 0 aliphatic carbocycles. The Hall–Kier alpha value is -2.05. The normalized spacial score (nSPS) is 26.1. The van der Waals surface area contributed by atoms with Crippen LogP contribution < -0.4 is 0 Å². The van der Waals surface area contributed by atoms with Crippen LogP contribution >= 0.6 is 0 Å². The number of aryl methyl sites for hydroxylation is 1. The average molecular weight is 292 g/mol. The first-order valence-corrected chi connectivity index (χ1v) is 7.24. The SMILES string of the molecule is Cc1cc(C(=O)N2CCC[C@@]3(CC2)CN(C)C(=O)O3)n[nH]1. The number of aromatic amines is 1. The highest BCUT2D eigenvalue weighted by atomic mass is 16.6. The number of rotatable bonds is 1. The van der Waals surface area contributed by atoms with Crippen LogP contribution in [0.3, 0.4) is 0 Å². The highest BCUT2D eigenvalue weighted by Gasteiger charge is 2.44. The lowest BCUT2D eigenvalue weighted by molar-refractivity contribution is 0.0438. The molecule has 0 unspecified atom stereocenters. The van der Waals surface area contributed by atoms with Crippen molar-refractivity contribution in [1.29, 1.82) is 0 Å². The van der Waals surface area contributed by atoms with Crippen molar-refractivity contribution in [2.75, 3.05) is 26.7 Å². The molecule has 2 fully saturated rings. The molecule has 114 valence electrons. The van der Waals surface area contributed by atoms with Gasteiger partial charge in [0.1, 0.15) is 11.3 Å². The number of ether oxygens (including phenoxy) is 1. The van der Waals surface area contributed by atoms with E-state index < -0.39 is 5.60 Å². The third kappa shape index (κ3) is 2.59. The Balaban J connectivity index is 1.69. The van der Waals surface area contributed by atoms with E-state index in [1.807, 2.05) is 6.92 Å². The van der Waals surface area contributed by atoms with Crippen LogP contribution in [0.15, 0.2) is 6.07 Å². The Morgan fingerprint density at radius 2 is 2.24 bits per heavy atom. The Bertz CT molecular complexity index is 570. The predicted molar refractivity (Wildman–Crippen MR) is 74.9 cm³/mol. The summed E-state index contributed by atoms with van der Waals surface area (Å²) >= 11 is 0. The second-order valence-corrected chi connectivity index (χ2v) is 5.99. The van der Waals surface area contributed by atoms with Crippen molar-refractivity contribution in [3.8, 4) is 0 Å². The molecule has 3 rings (SSSR count). The van der Waals surface area contributed by atoms with E-state index in [0.29, 0.717) is 31.7 Å². The van der Waals surface area contributed by atoms with Crippen LogP contribution in [0, 0.1) is 6.92 Å². The summed E-state index contributed by atoms with van der Waals surface area (Å²) < 4.78 is 5.55. The first-order chi connectivity index (χ1) is 9.99. The van der Waals surface area contributed by atoms with Crippen molar-refractivity contribution in [1.82, 2.24) is 20.0 Å². The standard InChI is InChI=1S/C14H20N4O3/c1-10-8-11(16-15-10)12(19)18-6-3-4-14(5-7-18)9-17(2)13(20)21-14/h8H,3-7,9H2,1-2H3,(H,15,16)/t14-/m1/s1. The van der Waals surface area contributed by atoms with Gasteiger partial charge in [-0.2, -0.15) is 5.10 Å². The second kappa shape index (κ2) is 5.05. The quantitative estimate of drug-likeness (QED) is 0.842. The molecule has 0 aromatic carbocycles. The minimum absolute atomic E-state index is 0.0610. The lowest BCUT2D eigenvalue weighted by atomic mass is 9.95. The molecule has 1 N–H and O–H groups in total. The van der Waals surface area contributed by atoms with E-state index >= 15 is 0 Å². The van der Waals surface area contributed by atoms with Crippen molar-refractivity contribution < 1.29 is 14.3 Å². The van der Waals surface area contributed by atoms with Gasteiger partial charge in [0.25, 0.3) is 5.91 Å². The molecule has 1 spiro atoms. The van der Waals surface area contributed by atoms with Gasteiger partial charge in [0.05, 0.1) is 6.54 Å². The van der Waals surface area contributed by atoms with Crippen molar-refractivity contribution in [2.45, 2.75) is 31.8 Å². The highest BCUT2D eigenvalue weighted by molar-refractivity contribution is 5.92. The van der Waals surface area contributed by atoms with Gasteiger partial charge in [-0.15, -0.1) is 0 Å². The fourth-order valence-electron chi connectivity index (χ4n) is 3.11. The van der Waals surface area contributed by atoms with Gasteiger partial charge in [0.15, 0.2) is 0 Å². The maximum absolute atomic E-state index is 12.4. The number of H-pyrrole nitrogens is 1. The van der Waals surface area contributed by atoms with Gasteiger partial charge in [-0.05, 0) is 25.8 Å². The summed E-state index contributed by atoms with van der Waals surface area (Å²) in [4.78, 5) is 27.4. The Labute approximate surface area is 123 Å². The van der Waals surface area contributed by atoms with Crippen LogP contribution in [-0.2, 0) is 4.74 Å². The van der Waals surface area contributed by atoms with Gasteiger partial charge < -0.3 is 14.5 Å². The zero-order valence-electron chi connectivity index (χ0n) is 12.4. The lowest BCUT2D eigenvalue weighted by Gasteiger charge is -2.25. The maximum Gasteiger partial charge on any atom is 0.410 e. The van der Waals surface area contributed by atoms with Gasteiger partial charge in [-0.3, -0.25) is 9.89 Å². The van der Waals surface area contributed by atoms with Crippen molar-refractivity contribution in [3.63, 3.8) is 0 Å². The molecular formula is C14H20N4O3. The molecule has 0 bridgehead atoms. The molecule has 7 heteroatoms. The van der Waals surface area contributed by atoms with Crippen LogP contribution in [0.25, 0.3) is 0 Å². The van der Waals surface area contributed by atoms with Gasteiger partial charge in [-0.25, -0.2) is 4.79 Å². The molecule has 3 heterocycles. The van der Waals surface area contributed by atoms with Crippen molar-refractivity contribution in [3.05, 3.63) is 17.5 Å². The fourth-order valence-corrected chi connectivity index (χ4v) is 3.11. The topological polar surface area (TPSA) is 78.5 Å². The highest BCUT2D eigenvalue weighted by Crippen LogP contribution is 2.32. The number of hydrogen-bond acceptors (Lipinski definition) is 4. The molecule has 7 nitrogen and oxygen atoms in total. The number of likely N-dealkylation sites (N-methyl/N-ethyl adjacent to an activating group) is 1. The van der Waals surface area contributed by atoms with E-state index in [9.17, 15) is 9.59 Å². The van der Waals surface area contributed by atoms with E-state index in [0.717, 1.165) is 18.5 Å². The molecule has 2 saturated heterocycles. The molecule has 2 amide bonds. The monoisotopic (exact) mass is 292 g/mol. The number of carbonyl (C=O) groups is 2. The summed E-state index contributed by atoms with van der Waals surface area (Å²) in [5.41, 5.74) is 0.891. The average Bonchev–Trinajstić information content (AvgIpc) is 2.91. The number of likely N-dealkylation sites (tertiary alicyclic amines) is 1. The van der Waals surface area contributed by atoms with Gasteiger partial charge in [0, 0.05) is 32.3 Å². The van der Waals surface area contributed by atoms with Crippen LogP contribution in [0.4, 0.5) is 4.79 Å². The van der Waals surface area contributed by atoms with Crippen LogP contribution in [0.2, 0.25) is 0 Å². The summed E-state index contributed by atoms with van der Waals surface area (Å²) in [6.45, 7) is 3.74. The largest absolute Gasteiger partial charge is 0.441 e. The number of carbonyl (C=O) groups excluding carboxylic acids is 2. The summed E-state index contributed by atoms with van der Waals surface area (Å²) in [5.74, 6) is -0.0610. The number of amides is 2. The summed E-state index contributed by atoms with van der Waals surface area (Å²) in [6.07, 6.45) is 2.04. The molecule has 0 radical (unpaired) electrons. The Morgan fingerprint density at radius 3 is 2.86 bits per heavy atom. The molecule has 2 aliphatic heterocycles. The summed E-state index contributed by atoms with van der Waals surface area (Å²) in [5, 5.41) is 6.82. The van der Waals surface area contributed by atoms with E-state index in [2.05, 4.69) is 10.2 Å². The van der Waals surface area contributed by atoms with Gasteiger partial charge in [-0.1, -0.05) is 0 Å². The van der Waals surface area contributed by atoms with Gasteiger partial charge >= 0.3 is 6.09 Å². The van der Waals surface area contributed by atoms with E-state index in [4.69, 9.17) is 4.74 Å². The lowest BCUT2D eigenvalue weighted by Crippen LogP contribution is -2.37. The summed E-state index contributed by atoms with van der Waals surface area (Å²) in [7, 11) is 1.75. The first-order valence-electron chi connectivity index (χ1n) is 7.24. The molecule has 2 aliphatic rings. The van der Waals surface area contributed by atoms with Crippen molar-refractivity contribution >= 4 is 12.0 Å². The van der Waals surface area contributed by atoms with Gasteiger partial charge in [0.2, 0.25) is 0 Å². The second-order valence-electron chi connectivity index (χ2n) is 5.99. The molecule has 0 saturated carbocycles. The smallest absolute Gasteiger partial charge is 0.410 e. The van der Waals surface area contributed by atoms with Crippen molar-refractivity contribution in [2.24, 2.45) is 0 Å². The van der Waals surface area contributed by atoms with E-state index in [1.54, 1.807) is 22.9 Å². The van der Waals surface area contributed by atoms with E-state index in [1.165, 1.54) is 0 Å². The number of nitrogens with zero attached hydrogens (tertiary/aromatic N) is 3.